The van der Waals surface area contributed by atoms with E-state index in [0.717, 1.165) is 6.07 Å². The number of halogens is 1. The third-order valence-electron chi connectivity index (χ3n) is 2.06. The number of esters is 1. The maximum absolute atomic E-state index is 13.4. The molecular formula is C13H15FO3Si. The Bertz CT molecular complexity index is 536. The number of ether oxygens (including phenoxy) is 1. The van der Waals surface area contributed by atoms with Gasteiger partial charge in [-0.3, -0.25) is 0 Å². The Morgan fingerprint density at radius 1 is 1.39 bits per heavy atom. The number of carbonyl (C=O) groups excluding carboxylic acids is 1. The molecule has 5 heteroatoms. The minimum absolute atomic E-state index is 0.227. The van der Waals surface area contributed by atoms with E-state index in [1.165, 1.54) is 13.2 Å². The van der Waals surface area contributed by atoms with E-state index in [4.69, 9.17) is 0 Å². The van der Waals surface area contributed by atoms with Crippen LogP contribution in [0.3, 0.4) is 0 Å². The van der Waals surface area contributed by atoms with Gasteiger partial charge in [0.15, 0.2) is 0 Å². The molecule has 0 aliphatic carbocycles. The van der Waals surface area contributed by atoms with Crippen molar-refractivity contribution in [1.82, 2.24) is 0 Å². The van der Waals surface area contributed by atoms with Gasteiger partial charge in [-0.1, -0.05) is 25.6 Å². The minimum atomic E-state index is -1.61. The number of aromatic hydroxyl groups is 1. The van der Waals surface area contributed by atoms with Crippen LogP contribution in [0.2, 0.25) is 19.6 Å². The van der Waals surface area contributed by atoms with Crippen molar-refractivity contribution in [1.29, 1.82) is 0 Å². The Kier molecular flexibility index (Phi) is 4.14. The molecule has 0 bridgehead atoms. The van der Waals surface area contributed by atoms with Gasteiger partial charge < -0.3 is 9.84 Å². The Balaban J connectivity index is 3.28. The first-order valence-electron chi connectivity index (χ1n) is 5.38. The molecule has 1 aromatic carbocycles. The Morgan fingerprint density at radius 3 is 2.50 bits per heavy atom. The number of hydrogen-bond donors (Lipinski definition) is 1. The van der Waals surface area contributed by atoms with E-state index < -0.39 is 19.9 Å². The molecule has 0 saturated carbocycles. The second-order valence-electron chi connectivity index (χ2n) is 4.84. The Hall–Kier alpha value is -1.80. The zero-order valence-corrected chi connectivity index (χ0v) is 11.8. The number of phenols is 1. The molecule has 0 atom stereocenters. The van der Waals surface area contributed by atoms with Crippen molar-refractivity contribution in [2.24, 2.45) is 0 Å². The molecule has 0 heterocycles. The summed E-state index contributed by atoms with van der Waals surface area (Å²) in [5.74, 6) is 0.905. The third kappa shape index (κ3) is 3.60. The van der Waals surface area contributed by atoms with Gasteiger partial charge in [-0.05, 0) is 6.07 Å². The third-order valence-corrected chi connectivity index (χ3v) is 2.94. The molecule has 0 unspecified atom stereocenters. The van der Waals surface area contributed by atoms with Gasteiger partial charge in [-0.2, -0.15) is 0 Å². The van der Waals surface area contributed by atoms with Crippen LogP contribution < -0.4 is 0 Å². The fourth-order valence-electron chi connectivity index (χ4n) is 1.18. The van der Waals surface area contributed by atoms with Gasteiger partial charge in [0.2, 0.25) is 0 Å². The number of carbonyl (C=O) groups is 1. The minimum Gasteiger partial charge on any atom is -0.507 e. The molecular weight excluding hydrogens is 251 g/mol. The van der Waals surface area contributed by atoms with Crippen LogP contribution in [-0.4, -0.2) is 26.3 Å². The highest BCUT2D eigenvalue weighted by Gasteiger charge is 2.16. The highest BCUT2D eigenvalue weighted by Crippen LogP contribution is 2.21. The molecule has 96 valence electrons. The van der Waals surface area contributed by atoms with E-state index in [0.29, 0.717) is 0 Å². The van der Waals surface area contributed by atoms with Crippen LogP contribution in [0.4, 0.5) is 4.39 Å². The molecule has 0 amide bonds. The second kappa shape index (κ2) is 5.23. The van der Waals surface area contributed by atoms with Crippen molar-refractivity contribution in [2.75, 3.05) is 7.11 Å². The smallest absolute Gasteiger partial charge is 0.340 e. The van der Waals surface area contributed by atoms with E-state index in [-0.39, 0.29) is 16.9 Å². The van der Waals surface area contributed by atoms with Crippen molar-refractivity contribution < 1.29 is 19.0 Å². The van der Waals surface area contributed by atoms with E-state index in [9.17, 15) is 14.3 Å². The molecule has 1 rings (SSSR count). The van der Waals surface area contributed by atoms with Gasteiger partial charge >= 0.3 is 5.97 Å². The SMILES string of the molecule is COC(=O)c1cc(C#C[Si](C)(C)C)c(O)cc1F. The summed E-state index contributed by atoms with van der Waals surface area (Å²) >= 11 is 0. The predicted molar refractivity (Wildman–Crippen MR) is 69.6 cm³/mol. The highest BCUT2D eigenvalue weighted by molar-refractivity contribution is 6.83. The highest BCUT2D eigenvalue weighted by atomic mass is 28.3. The number of phenolic OH excluding ortho intramolecular Hbond substituents is 1. The summed E-state index contributed by atoms with van der Waals surface area (Å²) in [4.78, 5) is 11.3. The molecule has 0 aromatic heterocycles. The van der Waals surface area contributed by atoms with Gasteiger partial charge in [-0.25, -0.2) is 9.18 Å². The Morgan fingerprint density at radius 2 is 2.00 bits per heavy atom. The summed E-state index contributed by atoms with van der Waals surface area (Å²) in [5, 5.41) is 9.59. The predicted octanol–water partition coefficient (Wildman–Crippen LogP) is 2.55. The van der Waals surface area contributed by atoms with Crippen LogP contribution in [0.25, 0.3) is 0 Å². The zero-order chi connectivity index (χ0) is 13.9. The maximum atomic E-state index is 13.4. The summed E-state index contributed by atoms with van der Waals surface area (Å²) in [7, 11) is -0.443. The first-order valence-corrected chi connectivity index (χ1v) is 8.88. The molecule has 0 spiro atoms. The van der Waals surface area contributed by atoms with Gasteiger partial charge in [0, 0.05) is 6.07 Å². The molecule has 3 nitrogen and oxygen atoms in total. The number of benzene rings is 1. The van der Waals surface area contributed by atoms with E-state index >= 15 is 0 Å². The average molecular weight is 266 g/mol. The first-order chi connectivity index (χ1) is 8.24. The zero-order valence-electron chi connectivity index (χ0n) is 10.8. The van der Waals surface area contributed by atoms with Crippen LogP contribution in [0.1, 0.15) is 15.9 Å². The second-order valence-corrected chi connectivity index (χ2v) is 9.59. The van der Waals surface area contributed by atoms with E-state index in [2.05, 4.69) is 16.2 Å². The average Bonchev–Trinajstić information content (AvgIpc) is 2.25. The van der Waals surface area contributed by atoms with E-state index in [1.807, 2.05) is 19.6 Å². The fraction of sp³-hybridized carbons (Fsp3) is 0.308. The summed E-state index contributed by atoms with van der Waals surface area (Å²) in [6, 6.07) is 2.09. The summed E-state index contributed by atoms with van der Waals surface area (Å²) in [6.07, 6.45) is 0. The lowest BCUT2D eigenvalue weighted by molar-refractivity contribution is 0.0595. The van der Waals surface area contributed by atoms with Crippen LogP contribution in [0.5, 0.6) is 5.75 Å². The summed E-state index contributed by atoms with van der Waals surface area (Å²) in [5.41, 5.74) is 3.05. The molecule has 18 heavy (non-hydrogen) atoms. The van der Waals surface area contributed by atoms with Crippen LogP contribution in [-0.2, 0) is 4.74 Å². The topological polar surface area (TPSA) is 46.5 Å². The summed E-state index contributed by atoms with van der Waals surface area (Å²) in [6.45, 7) is 6.13. The van der Waals surface area contributed by atoms with Crippen LogP contribution in [0.15, 0.2) is 12.1 Å². The van der Waals surface area contributed by atoms with Crippen molar-refractivity contribution in [3.8, 4) is 17.2 Å². The first kappa shape index (κ1) is 14.3. The van der Waals surface area contributed by atoms with Gasteiger partial charge in [0.1, 0.15) is 19.6 Å². The Labute approximate surface area is 107 Å². The maximum Gasteiger partial charge on any atom is 0.340 e. The van der Waals surface area contributed by atoms with Crippen molar-refractivity contribution >= 4 is 14.0 Å². The molecule has 0 fully saturated rings. The fourth-order valence-corrected chi connectivity index (χ4v) is 1.69. The van der Waals surface area contributed by atoms with Crippen molar-refractivity contribution in [3.63, 3.8) is 0 Å². The lowest BCUT2D eigenvalue weighted by Gasteiger charge is -2.06. The molecule has 0 aliphatic heterocycles. The normalized spacial score (nSPS) is 10.5. The number of rotatable bonds is 1. The molecule has 1 aromatic rings. The van der Waals surface area contributed by atoms with Gasteiger partial charge in [-0.15, -0.1) is 5.54 Å². The molecule has 1 N–H and O–H groups in total. The molecule has 0 aliphatic rings. The summed E-state index contributed by atoms with van der Waals surface area (Å²) < 4.78 is 17.9. The monoisotopic (exact) mass is 266 g/mol. The van der Waals surface area contributed by atoms with Gasteiger partial charge in [0.25, 0.3) is 0 Å². The molecule has 0 saturated heterocycles. The lowest BCUT2D eigenvalue weighted by Crippen LogP contribution is -2.16. The van der Waals surface area contributed by atoms with Crippen LogP contribution in [0, 0.1) is 17.3 Å². The van der Waals surface area contributed by atoms with Crippen molar-refractivity contribution in [3.05, 3.63) is 29.1 Å². The van der Waals surface area contributed by atoms with Crippen LogP contribution >= 0.6 is 0 Å². The van der Waals surface area contributed by atoms with Gasteiger partial charge in [0.05, 0.1) is 18.2 Å². The quantitative estimate of drug-likeness (QED) is 0.483. The molecule has 0 radical (unpaired) electrons. The largest absolute Gasteiger partial charge is 0.507 e. The van der Waals surface area contributed by atoms with Crippen molar-refractivity contribution in [2.45, 2.75) is 19.6 Å². The number of hydrogen-bond acceptors (Lipinski definition) is 3. The number of methoxy groups -OCH3 is 1. The standard InChI is InChI=1S/C13H15FO3Si/c1-17-13(16)10-7-9(5-6-18(2,3)4)12(15)8-11(10)14/h7-8,15H,1-4H3. The van der Waals surface area contributed by atoms with E-state index in [1.54, 1.807) is 0 Å². The lowest BCUT2D eigenvalue weighted by atomic mass is 10.1.